The van der Waals surface area contributed by atoms with E-state index in [1.54, 1.807) is 0 Å². The Hall–Kier alpha value is 0.181. The van der Waals surface area contributed by atoms with Crippen LogP contribution in [-0.2, 0) is 0 Å². The summed E-state index contributed by atoms with van der Waals surface area (Å²) in [4.78, 5) is 12.6. The first kappa shape index (κ1) is 16.2. The molecule has 1 amide bonds. The Morgan fingerprint density at radius 1 is 1.25 bits per heavy atom. The van der Waals surface area contributed by atoms with E-state index in [1.165, 1.54) is 31.1 Å². The van der Waals surface area contributed by atoms with Gasteiger partial charge >= 0.3 is 58.4 Å². The summed E-state index contributed by atoms with van der Waals surface area (Å²) < 4.78 is 37.1. The molecule has 7 heteroatoms. The molecule has 0 aliphatic carbocycles. The summed E-state index contributed by atoms with van der Waals surface area (Å²) in [5.41, 5.74) is -0.695. The third kappa shape index (κ3) is 4.21. The van der Waals surface area contributed by atoms with E-state index in [4.69, 9.17) is 0 Å². The minimum Gasteiger partial charge on any atom is -0.445 e. The minimum atomic E-state index is -5.04. The van der Waals surface area contributed by atoms with Crippen molar-refractivity contribution in [1.82, 2.24) is 4.90 Å². The Kier molecular flexibility index (Phi) is 6.28. The van der Waals surface area contributed by atoms with Gasteiger partial charge in [0.05, 0.1) is 0 Å². The largest absolute Gasteiger partial charge is 1.00 e. The van der Waals surface area contributed by atoms with E-state index >= 15 is 0 Å². The van der Waals surface area contributed by atoms with Crippen molar-refractivity contribution < 1.29 is 69.1 Å². The predicted molar refractivity (Wildman–Crippen MR) is 53.2 cm³/mol. The number of halogens is 3. The first-order valence-corrected chi connectivity index (χ1v) is 4.34. The fourth-order valence-electron chi connectivity index (χ4n) is 1.13. The van der Waals surface area contributed by atoms with Crippen molar-refractivity contribution in [3.8, 4) is 0 Å². The summed E-state index contributed by atoms with van der Waals surface area (Å²) in [7, 11) is 2.99. The summed E-state index contributed by atoms with van der Waals surface area (Å²) in [6.45, 7) is -5.04. The van der Waals surface area contributed by atoms with Crippen molar-refractivity contribution in [2.24, 2.45) is 0 Å². The molecule has 0 spiro atoms. The van der Waals surface area contributed by atoms with Gasteiger partial charge in [-0.05, 0) is 6.07 Å². The average molecular weight is 255 g/mol. The Labute approximate surface area is 135 Å². The van der Waals surface area contributed by atoms with Gasteiger partial charge in [0.25, 0.3) is 5.91 Å². The topological polar surface area (TPSA) is 20.3 Å². The second kappa shape index (κ2) is 6.21. The molecule has 0 N–H and O–H groups in total. The quantitative estimate of drug-likeness (QED) is 0.586. The maximum atomic E-state index is 12.4. The van der Waals surface area contributed by atoms with E-state index in [0.717, 1.165) is 12.1 Å². The molecule has 1 aromatic carbocycles. The van der Waals surface area contributed by atoms with Crippen molar-refractivity contribution in [1.29, 1.82) is 0 Å². The molecule has 82 valence electrons. The van der Waals surface area contributed by atoms with Crippen LogP contribution in [0, 0.1) is 0 Å². The van der Waals surface area contributed by atoms with Crippen molar-refractivity contribution in [3.63, 3.8) is 0 Å². The Bertz CT molecular complexity index is 381. The molecule has 1 aromatic rings. The van der Waals surface area contributed by atoms with Gasteiger partial charge < -0.3 is 17.8 Å². The van der Waals surface area contributed by atoms with Gasteiger partial charge in [-0.3, -0.25) is 4.79 Å². The number of benzene rings is 1. The fraction of sp³-hybridized carbons (Fsp3) is 0.222. The van der Waals surface area contributed by atoms with Gasteiger partial charge in [-0.25, -0.2) is 0 Å². The van der Waals surface area contributed by atoms with Crippen molar-refractivity contribution in [2.45, 2.75) is 0 Å². The van der Waals surface area contributed by atoms with Crippen LogP contribution < -0.4 is 56.8 Å². The monoisotopic (exact) mass is 255 g/mol. The number of hydrogen-bond donors (Lipinski definition) is 0. The normalized spacial score (nSPS) is 10.6. The van der Waals surface area contributed by atoms with E-state index < -0.39 is 18.3 Å². The molecule has 0 atom stereocenters. The van der Waals surface area contributed by atoms with Gasteiger partial charge in [0.2, 0.25) is 0 Å². The van der Waals surface area contributed by atoms with Gasteiger partial charge in [-0.15, -0.1) is 5.46 Å². The maximum absolute atomic E-state index is 12.4. The third-order valence-corrected chi connectivity index (χ3v) is 1.92. The number of carbonyl (C=O) groups excluding carboxylic acids is 1. The minimum absolute atomic E-state index is 0. The van der Waals surface area contributed by atoms with E-state index in [9.17, 15) is 17.7 Å². The van der Waals surface area contributed by atoms with Crippen LogP contribution in [-0.4, -0.2) is 31.9 Å². The molecule has 0 aliphatic rings. The van der Waals surface area contributed by atoms with Crippen LogP contribution in [0.5, 0.6) is 0 Å². The molecule has 0 unspecified atom stereocenters. The molecule has 0 bridgehead atoms. The molecule has 16 heavy (non-hydrogen) atoms. The van der Waals surface area contributed by atoms with E-state index in [2.05, 4.69) is 0 Å². The zero-order valence-electron chi connectivity index (χ0n) is 9.38. The number of nitrogens with zero attached hydrogens (tertiary/aromatic N) is 1. The number of amides is 1. The maximum Gasteiger partial charge on any atom is 1.00 e. The van der Waals surface area contributed by atoms with E-state index in [-0.39, 0.29) is 56.9 Å². The van der Waals surface area contributed by atoms with Crippen LogP contribution in [0.2, 0.25) is 0 Å². The Morgan fingerprint density at radius 3 is 2.25 bits per heavy atom. The number of hydrogen-bond acceptors (Lipinski definition) is 1. The van der Waals surface area contributed by atoms with Gasteiger partial charge in [-0.1, -0.05) is 18.2 Å². The molecule has 2 nitrogen and oxygen atoms in total. The predicted octanol–water partition coefficient (Wildman–Crippen LogP) is -1.55. The molecule has 0 saturated carbocycles. The van der Waals surface area contributed by atoms with Crippen molar-refractivity contribution in [3.05, 3.63) is 29.8 Å². The smallest absolute Gasteiger partial charge is 0.445 e. The molecular formula is C9H10BF3KNO. The van der Waals surface area contributed by atoms with E-state index in [0.29, 0.717) is 0 Å². The summed E-state index contributed by atoms with van der Waals surface area (Å²) in [5.74, 6) is -0.433. The summed E-state index contributed by atoms with van der Waals surface area (Å²) in [6.07, 6.45) is 0. The Morgan fingerprint density at radius 2 is 1.81 bits per heavy atom. The Balaban J connectivity index is 0.00000225. The summed E-state index contributed by atoms with van der Waals surface area (Å²) >= 11 is 0. The summed E-state index contributed by atoms with van der Waals surface area (Å²) in [5, 5.41) is 0. The van der Waals surface area contributed by atoms with Gasteiger partial charge in [0, 0.05) is 19.7 Å². The standard InChI is InChI=1S/C9H10BF3NO.K/c1-14(2)9(15)7-4-3-5-8(6-7)10(11,12)13;/h3-6H,1-2H3;/q-1;+1. The van der Waals surface area contributed by atoms with E-state index in [1.807, 2.05) is 0 Å². The zero-order valence-corrected chi connectivity index (χ0v) is 12.5. The summed E-state index contributed by atoms with van der Waals surface area (Å²) in [6, 6.07) is 4.45. The first-order valence-electron chi connectivity index (χ1n) is 4.34. The number of rotatable bonds is 2. The second-order valence-corrected chi connectivity index (χ2v) is 3.40. The molecule has 0 fully saturated rings. The average Bonchev–Trinajstić information content (AvgIpc) is 2.15. The molecule has 0 saturated heterocycles. The molecule has 0 aromatic heterocycles. The zero-order chi connectivity index (χ0) is 11.6. The molecule has 1 rings (SSSR count). The van der Waals surface area contributed by atoms with Gasteiger partial charge in [0.1, 0.15) is 0 Å². The van der Waals surface area contributed by atoms with Crippen LogP contribution in [0.3, 0.4) is 0 Å². The van der Waals surface area contributed by atoms with Crippen molar-refractivity contribution in [2.75, 3.05) is 14.1 Å². The third-order valence-electron chi connectivity index (χ3n) is 1.92. The van der Waals surface area contributed by atoms with Crippen LogP contribution in [0.25, 0.3) is 0 Å². The van der Waals surface area contributed by atoms with Crippen molar-refractivity contribution >= 4 is 18.3 Å². The molecule has 0 heterocycles. The van der Waals surface area contributed by atoms with Crippen LogP contribution >= 0.6 is 0 Å². The first-order chi connectivity index (χ1) is 6.82. The van der Waals surface area contributed by atoms with Crippen LogP contribution in [0.1, 0.15) is 10.4 Å². The second-order valence-electron chi connectivity index (χ2n) is 3.40. The molecular weight excluding hydrogens is 245 g/mol. The van der Waals surface area contributed by atoms with Gasteiger partial charge in [-0.2, -0.15) is 0 Å². The van der Waals surface area contributed by atoms with Crippen LogP contribution in [0.15, 0.2) is 24.3 Å². The van der Waals surface area contributed by atoms with Crippen LogP contribution in [0.4, 0.5) is 12.9 Å². The molecule has 0 aliphatic heterocycles. The fourth-order valence-corrected chi connectivity index (χ4v) is 1.13. The number of carbonyl (C=O) groups is 1. The van der Waals surface area contributed by atoms with Gasteiger partial charge in [0.15, 0.2) is 0 Å². The SMILES string of the molecule is CN(C)C(=O)c1cccc([B-](F)(F)F)c1.[K+]. The molecule has 0 radical (unpaired) electrons.